The average molecular weight is 268 g/mol. The zero-order valence-electron chi connectivity index (χ0n) is 11.6. The van der Waals surface area contributed by atoms with Gasteiger partial charge in [0.2, 0.25) is 0 Å². The Morgan fingerprint density at radius 3 is 2.89 bits per heavy atom. The second-order valence-corrected chi connectivity index (χ2v) is 6.47. The molecule has 0 bridgehead atoms. The van der Waals surface area contributed by atoms with Gasteiger partial charge in [-0.05, 0) is 38.9 Å². The lowest BCUT2D eigenvalue weighted by Gasteiger charge is -2.16. The Bertz CT molecular complexity index is 402. The molecule has 3 N–H and O–H groups in total. The topological polar surface area (TPSA) is 55.9 Å². The van der Waals surface area contributed by atoms with E-state index in [1.165, 1.54) is 25.0 Å². The van der Waals surface area contributed by atoms with Gasteiger partial charge in [-0.3, -0.25) is 0 Å². The van der Waals surface area contributed by atoms with Gasteiger partial charge < -0.3 is 11.1 Å². The molecule has 4 nitrogen and oxygen atoms in total. The van der Waals surface area contributed by atoms with Gasteiger partial charge in [-0.1, -0.05) is 6.92 Å². The molecule has 0 amide bonds. The largest absolute Gasteiger partial charge is 0.394 e. The Kier molecular flexibility index (Phi) is 4.43. The zero-order chi connectivity index (χ0) is 13.1. The molecule has 2 unspecified atom stereocenters. The Labute approximate surface area is 114 Å². The van der Waals surface area contributed by atoms with E-state index in [2.05, 4.69) is 36.0 Å². The fourth-order valence-electron chi connectivity index (χ4n) is 2.63. The standard InChI is InChI=1S/C13H24N4S/c1-4-17-13(12(14)9(3)16-17)15-10-6-7-11(8-10)18-5-2/h10-11,15H,4-8,14H2,1-3H3. The predicted molar refractivity (Wildman–Crippen MR) is 80.2 cm³/mol. The van der Waals surface area contributed by atoms with E-state index < -0.39 is 0 Å². The van der Waals surface area contributed by atoms with E-state index in [4.69, 9.17) is 5.73 Å². The lowest BCUT2D eigenvalue weighted by Crippen LogP contribution is -2.19. The normalized spacial score (nSPS) is 23.5. The summed E-state index contributed by atoms with van der Waals surface area (Å²) in [5.74, 6) is 2.23. The summed E-state index contributed by atoms with van der Waals surface area (Å²) in [5, 5.41) is 8.86. The first-order valence-corrected chi connectivity index (χ1v) is 7.91. The van der Waals surface area contributed by atoms with Gasteiger partial charge in [0, 0.05) is 17.8 Å². The van der Waals surface area contributed by atoms with Crippen molar-refractivity contribution in [3.63, 3.8) is 0 Å². The quantitative estimate of drug-likeness (QED) is 0.862. The van der Waals surface area contributed by atoms with Crippen molar-refractivity contribution in [2.75, 3.05) is 16.8 Å². The van der Waals surface area contributed by atoms with E-state index in [0.717, 1.165) is 29.0 Å². The first kappa shape index (κ1) is 13.6. The van der Waals surface area contributed by atoms with Crippen LogP contribution in [0.15, 0.2) is 0 Å². The summed E-state index contributed by atoms with van der Waals surface area (Å²) in [6.07, 6.45) is 3.80. The molecule has 1 aliphatic rings. The van der Waals surface area contributed by atoms with Crippen LogP contribution in [-0.2, 0) is 6.54 Å². The summed E-state index contributed by atoms with van der Waals surface area (Å²) >= 11 is 2.08. The van der Waals surface area contributed by atoms with Gasteiger partial charge in [-0.2, -0.15) is 16.9 Å². The molecule has 2 atom stereocenters. The molecule has 1 aliphatic carbocycles. The fourth-order valence-corrected chi connectivity index (χ4v) is 3.77. The van der Waals surface area contributed by atoms with Gasteiger partial charge in [-0.25, -0.2) is 4.68 Å². The van der Waals surface area contributed by atoms with Crippen molar-refractivity contribution in [1.29, 1.82) is 0 Å². The number of rotatable bonds is 5. The highest BCUT2D eigenvalue weighted by molar-refractivity contribution is 7.99. The maximum atomic E-state index is 6.10. The monoisotopic (exact) mass is 268 g/mol. The molecular weight excluding hydrogens is 244 g/mol. The van der Waals surface area contributed by atoms with Crippen LogP contribution in [0.4, 0.5) is 11.5 Å². The van der Waals surface area contributed by atoms with E-state index in [-0.39, 0.29) is 0 Å². The maximum Gasteiger partial charge on any atom is 0.148 e. The van der Waals surface area contributed by atoms with E-state index in [9.17, 15) is 0 Å². The highest BCUT2D eigenvalue weighted by Gasteiger charge is 2.26. The minimum atomic E-state index is 0.553. The number of thioether (sulfide) groups is 1. The van der Waals surface area contributed by atoms with Crippen LogP contribution in [0.25, 0.3) is 0 Å². The first-order valence-electron chi connectivity index (χ1n) is 6.86. The van der Waals surface area contributed by atoms with Crippen molar-refractivity contribution in [2.45, 2.75) is 57.9 Å². The zero-order valence-corrected chi connectivity index (χ0v) is 12.4. The van der Waals surface area contributed by atoms with Gasteiger partial charge in [-0.15, -0.1) is 0 Å². The molecule has 1 saturated carbocycles. The second-order valence-electron chi connectivity index (χ2n) is 4.90. The van der Waals surface area contributed by atoms with E-state index in [0.29, 0.717) is 6.04 Å². The summed E-state index contributed by atoms with van der Waals surface area (Å²) in [6.45, 7) is 7.16. The van der Waals surface area contributed by atoms with Crippen molar-refractivity contribution < 1.29 is 0 Å². The molecule has 18 heavy (non-hydrogen) atoms. The van der Waals surface area contributed by atoms with Crippen molar-refractivity contribution in [3.8, 4) is 0 Å². The lowest BCUT2D eigenvalue weighted by molar-refractivity contribution is 0.643. The molecule has 0 aliphatic heterocycles. The van der Waals surface area contributed by atoms with Crippen LogP contribution in [-0.4, -0.2) is 26.8 Å². The summed E-state index contributed by atoms with van der Waals surface area (Å²) < 4.78 is 1.98. The molecule has 5 heteroatoms. The fraction of sp³-hybridized carbons (Fsp3) is 0.769. The van der Waals surface area contributed by atoms with Crippen LogP contribution in [0.3, 0.4) is 0 Å². The second kappa shape index (κ2) is 5.87. The number of nitrogens with one attached hydrogen (secondary N) is 1. The van der Waals surface area contributed by atoms with Gasteiger partial charge in [0.25, 0.3) is 0 Å². The number of aromatic nitrogens is 2. The first-order chi connectivity index (χ1) is 8.65. The number of nitrogens with zero attached hydrogens (tertiary/aromatic N) is 2. The molecule has 1 fully saturated rings. The van der Waals surface area contributed by atoms with E-state index in [1.807, 2.05) is 11.6 Å². The van der Waals surface area contributed by atoms with Crippen molar-refractivity contribution in [2.24, 2.45) is 0 Å². The maximum absolute atomic E-state index is 6.10. The van der Waals surface area contributed by atoms with Crippen LogP contribution in [0.2, 0.25) is 0 Å². The number of anilines is 2. The van der Waals surface area contributed by atoms with Crippen LogP contribution in [0, 0.1) is 6.92 Å². The molecule has 0 spiro atoms. The predicted octanol–water partition coefficient (Wildman–Crippen LogP) is 2.88. The number of hydrogen-bond donors (Lipinski definition) is 2. The van der Waals surface area contributed by atoms with Gasteiger partial charge >= 0.3 is 0 Å². The van der Waals surface area contributed by atoms with E-state index in [1.54, 1.807) is 0 Å². The van der Waals surface area contributed by atoms with Crippen LogP contribution >= 0.6 is 11.8 Å². The minimum absolute atomic E-state index is 0.553. The summed E-state index contributed by atoms with van der Waals surface area (Å²) in [4.78, 5) is 0. The van der Waals surface area contributed by atoms with E-state index >= 15 is 0 Å². The van der Waals surface area contributed by atoms with Crippen LogP contribution in [0.1, 0.15) is 38.8 Å². The highest BCUT2D eigenvalue weighted by Crippen LogP contribution is 2.33. The summed E-state index contributed by atoms with van der Waals surface area (Å²) in [6, 6.07) is 0.553. The SMILES string of the molecule is CCSC1CCC(Nc2c(N)c(C)nn2CC)C1. The third-order valence-electron chi connectivity index (χ3n) is 3.60. The number of nitrogen functional groups attached to an aromatic ring is 1. The highest BCUT2D eigenvalue weighted by atomic mass is 32.2. The molecule has 0 radical (unpaired) electrons. The molecule has 1 aromatic heterocycles. The third-order valence-corrected chi connectivity index (χ3v) is 4.83. The molecule has 0 aromatic carbocycles. The van der Waals surface area contributed by atoms with Crippen molar-refractivity contribution in [1.82, 2.24) is 9.78 Å². The lowest BCUT2D eigenvalue weighted by atomic mass is 10.2. The molecule has 102 valence electrons. The third kappa shape index (κ3) is 2.76. The molecule has 1 aromatic rings. The Morgan fingerprint density at radius 1 is 1.44 bits per heavy atom. The van der Waals surface area contributed by atoms with Crippen LogP contribution in [0.5, 0.6) is 0 Å². The Morgan fingerprint density at radius 2 is 2.22 bits per heavy atom. The Balaban J connectivity index is 2.02. The average Bonchev–Trinajstić information content (AvgIpc) is 2.90. The van der Waals surface area contributed by atoms with Gasteiger partial charge in [0.1, 0.15) is 5.82 Å². The number of aryl methyl sites for hydroxylation is 2. The van der Waals surface area contributed by atoms with Crippen molar-refractivity contribution >= 4 is 23.3 Å². The summed E-state index contributed by atoms with van der Waals surface area (Å²) in [7, 11) is 0. The van der Waals surface area contributed by atoms with Gasteiger partial charge in [0.15, 0.2) is 0 Å². The smallest absolute Gasteiger partial charge is 0.148 e. The summed E-state index contributed by atoms with van der Waals surface area (Å²) in [5.41, 5.74) is 7.84. The molecule has 0 saturated heterocycles. The minimum Gasteiger partial charge on any atom is -0.394 e. The van der Waals surface area contributed by atoms with Gasteiger partial charge in [0.05, 0.1) is 11.4 Å². The molecule has 2 rings (SSSR count). The Hall–Kier alpha value is -0.840. The van der Waals surface area contributed by atoms with Crippen molar-refractivity contribution in [3.05, 3.63) is 5.69 Å². The number of nitrogens with two attached hydrogens (primary N) is 1. The molecular formula is C13H24N4S. The molecule has 1 heterocycles. The van der Waals surface area contributed by atoms with Crippen LogP contribution < -0.4 is 11.1 Å². The number of hydrogen-bond acceptors (Lipinski definition) is 4.